The van der Waals surface area contributed by atoms with Crippen LogP contribution in [0.15, 0.2) is 51.4 Å². The van der Waals surface area contributed by atoms with Gasteiger partial charge in [0.2, 0.25) is 5.91 Å². The van der Waals surface area contributed by atoms with Gasteiger partial charge in [-0.15, -0.1) is 0 Å². The van der Waals surface area contributed by atoms with Gasteiger partial charge in [0.25, 0.3) is 0 Å². The number of halogens is 4. The topological polar surface area (TPSA) is 41.6 Å². The monoisotopic (exact) mass is 490 g/mol. The zero-order chi connectivity index (χ0) is 19.3. The summed E-state index contributed by atoms with van der Waals surface area (Å²) < 4.78 is 30.7. The molecule has 2 aromatic carbocycles. The summed E-state index contributed by atoms with van der Waals surface area (Å²) in [4.78, 5) is 14.3. The van der Waals surface area contributed by atoms with Gasteiger partial charge in [0.05, 0.1) is 11.7 Å². The smallest absolute Gasteiger partial charge is 0.387 e. The van der Waals surface area contributed by atoms with Crippen LogP contribution in [0.5, 0.6) is 5.75 Å². The first-order valence-electron chi connectivity index (χ1n) is 7.76. The van der Waals surface area contributed by atoms with Crippen molar-refractivity contribution in [1.82, 2.24) is 4.90 Å². The maximum Gasteiger partial charge on any atom is 0.387 e. The quantitative estimate of drug-likeness (QED) is 0.573. The molecule has 0 saturated heterocycles. The van der Waals surface area contributed by atoms with Crippen molar-refractivity contribution in [1.29, 1.82) is 0 Å². The maximum absolute atomic E-state index is 12.5. The average Bonchev–Trinajstić information content (AvgIpc) is 2.56. The van der Waals surface area contributed by atoms with Gasteiger partial charge in [-0.3, -0.25) is 9.69 Å². The molecule has 1 amide bonds. The summed E-state index contributed by atoms with van der Waals surface area (Å²) in [7, 11) is 1.79. The first kappa shape index (κ1) is 20.8. The number of nitrogens with zero attached hydrogens (tertiary/aromatic N) is 1. The van der Waals surface area contributed by atoms with Crippen molar-refractivity contribution in [3.63, 3.8) is 0 Å². The van der Waals surface area contributed by atoms with Gasteiger partial charge in [0.15, 0.2) is 0 Å². The highest BCUT2D eigenvalue weighted by Crippen LogP contribution is 2.26. The van der Waals surface area contributed by atoms with Crippen LogP contribution in [-0.4, -0.2) is 30.5 Å². The first-order chi connectivity index (χ1) is 12.3. The van der Waals surface area contributed by atoms with E-state index in [0.717, 1.165) is 14.5 Å². The number of likely N-dealkylation sites (N-methyl/N-ethyl adjacent to an activating group) is 1. The van der Waals surface area contributed by atoms with Crippen LogP contribution in [0, 0.1) is 0 Å². The van der Waals surface area contributed by atoms with Crippen molar-refractivity contribution in [3.05, 3.63) is 57.0 Å². The molecular weight excluding hydrogens is 474 g/mol. The Hall–Kier alpha value is -1.51. The van der Waals surface area contributed by atoms with E-state index in [1.165, 1.54) is 6.07 Å². The van der Waals surface area contributed by atoms with E-state index in [9.17, 15) is 13.6 Å². The van der Waals surface area contributed by atoms with Gasteiger partial charge in [0.1, 0.15) is 5.75 Å². The lowest BCUT2D eigenvalue weighted by molar-refractivity contribution is -0.120. The number of benzene rings is 2. The van der Waals surface area contributed by atoms with E-state index >= 15 is 0 Å². The Balaban J connectivity index is 2.00. The van der Waals surface area contributed by atoms with E-state index in [1.54, 1.807) is 38.2 Å². The fourth-order valence-electron chi connectivity index (χ4n) is 2.27. The molecule has 4 nitrogen and oxygen atoms in total. The highest BCUT2D eigenvalue weighted by atomic mass is 79.9. The Morgan fingerprint density at radius 3 is 2.62 bits per heavy atom. The Kier molecular flexibility index (Phi) is 7.55. The lowest BCUT2D eigenvalue weighted by Gasteiger charge is -2.24. The fraction of sp³-hybridized carbons (Fsp3) is 0.278. The van der Waals surface area contributed by atoms with Crippen LogP contribution in [0.1, 0.15) is 12.5 Å². The number of anilines is 1. The van der Waals surface area contributed by atoms with Crippen molar-refractivity contribution >= 4 is 43.5 Å². The second-order valence-corrected chi connectivity index (χ2v) is 7.50. The van der Waals surface area contributed by atoms with Crippen LogP contribution < -0.4 is 10.1 Å². The predicted octanol–water partition coefficient (Wildman–Crippen LogP) is 5.27. The number of nitrogens with one attached hydrogen (secondary N) is 1. The standard InChI is InChI=1S/C18H18Br2F2N2O2/c1-11(17(25)23-16-7-6-13(19)9-15(16)20)24(2)10-12-4-3-5-14(8-12)26-18(21)22/h3-9,11,18H,10H2,1-2H3,(H,23,25). The number of ether oxygens (including phenoxy) is 1. The van der Waals surface area contributed by atoms with Crippen molar-refractivity contribution in [2.75, 3.05) is 12.4 Å². The summed E-state index contributed by atoms with van der Waals surface area (Å²) in [6.07, 6.45) is 0. The van der Waals surface area contributed by atoms with Gasteiger partial charge in [-0.2, -0.15) is 8.78 Å². The largest absolute Gasteiger partial charge is 0.435 e. The highest BCUT2D eigenvalue weighted by molar-refractivity contribution is 9.11. The molecule has 0 bridgehead atoms. The molecule has 26 heavy (non-hydrogen) atoms. The van der Waals surface area contributed by atoms with Crippen LogP contribution in [0.4, 0.5) is 14.5 Å². The molecular formula is C18H18Br2F2N2O2. The maximum atomic E-state index is 12.5. The molecule has 1 unspecified atom stereocenters. The highest BCUT2D eigenvalue weighted by Gasteiger charge is 2.19. The van der Waals surface area contributed by atoms with Crippen molar-refractivity contribution in [2.24, 2.45) is 0 Å². The second-order valence-electron chi connectivity index (χ2n) is 5.73. The van der Waals surface area contributed by atoms with E-state index in [2.05, 4.69) is 41.9 Å². The Bertz CT molecular complexity index is 775. The molecule has 0 spiro atoms. The lowest BCUT2D eigenvalue weighted by Crippen LogP contribution is -2.39. The minimum atomic E-state index is -2.86. The normalized spacial score (nSPS) is 12.3. The molecule has 1 N–H and O–H groups in total. The van der Waals surface area contributed by atoms with Gasteiger partial charge in [-0.25, -0.2) is 0 Å². The third-order valence-corrected chi connectivity index (χ3v) is 4.93. The van der Waals surface area contributed by atoms with E-state index in [1.807, 2.05) is 17.0 Å². The summed E-state index contributed by atoms with van der Waals surface area (Å²) in [5.41, 5.74) is 1.45. The second kappa shape index (κ2) is 9.43. The molecule has 0 fully saturated rings. The molecule has 0 radical (unpaired) electrons. The number of carbonyl (C=O) groups excluding carboxylic acids is 1. The number of hydrogen-bond donors (Lipinski definition) is 1. The Morgan fingerprint density at radius 1 is 1.23 bits per heavy atom. The van der Waals surface area contributed by atoms with Crippen LogP contribution in [0.3, 0.4) is 0 Å². The van der Waals surface area contributed by atoms with Crippen LogP contribution in [0.2, 0.25) is 0 Å². The average molecular weight is 492 g/mol. The molecule has 8 heteroatoms. The van der Waals surface area contributed by atoms with Crippen LogP contribution >= 0.6 is 31.9 Å². The van der Waals surface area contributed by atoms with Crippen molar-refractivity contribution in [3.8, 4) is 5.75 Å². The molecule has 0 saturated carbocycles. The number of amides is 1. The number of hydrogen-bond acceptors (Lipinski definition) is 3. The van der Waals surface area contributed by atoms with Crippen LogP contribution in [-0.2, 0) is 11.3 Å². The van der Waals surface area contributed by atoms with E-state index in [4.69, 9.17) is 0 Å². The van der Waals surface area contributed by atoms with Gasteiger partial charge in [-0.05, 0) is 65.8 Å². The molecule has 0 aliphatic heterocycles. The predicted molar refractivity (Wildman–Crippen MR) is 104 cm³/mol. The van der Waals surface area contributed by atoms with E-state index in [-0.39, 0.29) is 11.7 Å². The van der Waals surface area contributed by atoms with E-state index < -0.39 is 12.7 Å². The summed E-state index contributed by atoms with van der Waals surface area (Å²) in [5, 5.41) is 2.87. The molecule has 1 atom stereocenters. The van der Waals surface area contributed by atoms with Gasteiger partial charge >= 0.3 is 6.61 Å². The van der Waals surface area contributed by atoms with Crippen molar-refractivity contribution < 1.29 is 18.3 Å². The summed E-state index contributed by atoms with van der Waals surface area (Å²) in [6.45, 7) is -0.671. The lowest BCUT2D eigenvalue weighted by atomic mass is 10.1. The molecule has 0 aliphatic rings. The number of alkyl halides is 2. The zero-order valence-corrected chi connectivity index (χ0v) is 17.4. The Labute approximate surface area is 167 Å². The summed E-state index contributed by atoms with van der Waals surface area (Å²) in [6, 6.07) is 11.5. The molecule has 2 rings (SSSR count). The van der Waals surface area contributed by atoms with Crippen molar-refractivity contribution in [2.45, 2.75) is 26.1 Å². The van der Waals surface area contributed by atoms with Gasteiger partial charge < -0.3 is 10.1 Å². The minimum absolute atomic E-state index is 0.0989. The zero-order valence-electron chi connectivity index (χ0n) is 14.2. The third kappa shape index (κ3) is 6.03. The minimum Gasteiger partial charge on any atom is -0.435 e. The summed E-state index contributed by atoms with van der Waals surface area (Å²) in [5.74, 6) is -0.0719. The third-order valence-electron chi connectivity index (χ3n) is 3.79. The number of rotatable bonds is 7. The van der Waals surface area contributed by atoms with Gasteiger partial charge in [0, 0.05) is 15.5 Å². The van der Waals surface area contributed by atoms with Crippen LogP contribution in [0.25, 0.3) is 0 Å². The van der Waals surface area contributed by atoms with Gasteiger partial charge in [-0.1, -0.05) is 28.1 Å². The Morgan fingerprint density at radius 2 is 1.96 bits per heavy atom. The number of carbonyl (C=O) groups is 1. The summed E-state index contributed by atoms with van der Waals surface area (Å²) >= 11 is 6.77. The fourth-order valence-corrected chi connectivity index (χ4v) is 3.42. The SMILES string of the molecule is CC(C(=O)Nc1ccc(Br)cc1Br)N(C)Cc1cccc(OC(F)F)c1. The molecule has 0 heterocycles. The molecule has 140 valence electrons. The molecule has 0 aliphatic carbocycles. The van der Waals surface area contributed by atoms with E-state index in [0.29, 0.717) is 12.2 Å². The molecule has 0 aromatic heterocycles. The first-order valence-corrected chi connectivity index (χ1v) is 9.34. The molecule has 2 aromatic rings.